The molecule has 2 rings (SSSR count). The molecular formula is C22H25FN2O5. The molecule has 0 saturated heterocycles. The van der Waals surface area contributed by atoms with Gasteiger partial charge in [0.15, 0.2) is 12.7 Å². The van der Waals surface area contributed by atoms with E-state index < -0.39 is 30.4 Å². The molecule has 0 aliphatic rings. The number of carbonyl (C=O) groups excluding carboxylic acids is 3. The van der Waals surface area contributed by atoms with Gasteiger partial charge in [0.2, 0.25) is 5.91 Å². The number of likely N-dealkylation sites (N-methyl/N-ethyl adjacent to an activating group) is 1. The van der Waals surface area contributed by atoms with Crippen LogP contribution < -0.4 is 10.1 Å². The normalized spacial score (nSPS) is 11.4. The van der Waals surface area contributed by atoms with Crippen molar-refractivity contribution >= 4 is 23.5 Å². The molecule has 30 heavy (non-hydrogen) atoms. The number of rotatable bonds is 8. The molecule has 7 nitrogen and oxygen atoms in total. The van der Waals surface area contributed by atoms with E-state index in [9.17, 15) is 18.8 Å². The second-order valence-corrected chi connectivity index (χ2v) is 6.89. The van der Waals surface area contributed by atoms with Crippen LogP contribution in [0.1, 0.15) is 18.1 Å². The highest BCUT2D eigenvalue weighted by Crippen LogP contribution is 2.19. The van der Waals surface area contributed by atoms with Crippen molar-refractivity contribution in [1.29, 1.82) is 0 Å². The Morgan fingerprint density at radius 1 is 1.07 bits per heavy atom. The number of hydrogen-bond acceptors (Lipinski definition) is 5. The van der Waals surface area contributed by atoms with Crippen molar-refractivity contribution in [1.82, 2.24) is 4.90 Å². The number of para-hydroxylation sites is 1. The monoisotopic (exact) mass is 416 g/mol. The van der Waals surface area contributed by atoms with Crippen LogP contribution in [0.3, 0.4) is 0 Å². The summed E-state index contributed by atoms with van der Waals surface area (Å²) in [5.74, 6) is -1.77. The van der Waals surface area contributed by atoms with Gasteiger partial charge in [0.05, 0.1) is 6.54 Å². The van der Waals surface area contributed by atoms with Gasteiger partial charge >= 0.3 is 5.97 Å². The quantitative estimate of drug-likeness (QED) is 0.669. The SMILES string of the molecule is Cc1cccc(C)c1NC(=O)CN(C)C(=O)COC(=O)[C@H](C)Oc1ccc(F)cc1. The van der Waals surface area contributed by atoms with Gasteiger partial charge in [-0.3, -0.25) is 9.59 Å². The Balaban J connectivity index is 1.79. The van der Waals surface area contributed by atoms with Crippen LogP contribution in [0.2, 0.25) is 0 Å². The lowest BCUT2D eigenvalue weighted by molar-refractivity contribution is -0.157. The van der Waals surface area contributed by atoms with Crippen LogP contribution in [-0.4, -0.2) is 49.0 Å². The van der Waals surface area contributed by atoms with Crippen molar-refractivity contribution in [2.45, 2.75) is 26.9 Å². The van der Waals surface area contributed by atoms with Gasteiger partial charge in [0.1, 0.15) is 11.6 Å². The minimum atomic E-state index is -0.985. The molecule has 0 unspecified atom stereocenters. The maximum absolute atomic E-state index is 12.9. The number of halogens is 1. The van der Waals surface area contributed by atoms with Gasteiger partial charge in [-0.25, -0.2) is 9.18 Å². The highest BCUT2D eigenvalue weighted by atomic mass is 19.1. The molecule has 1 atom stereocenters. The predicted octanol–water partition coefficient (Wildman–Crippen LogP) is 2.85. The third-order valence-corrected chi connectivity index (χ3v) is 4.35. The van der Waals surface area contributed by atoms with E-state index in [0.717, 1.165) is 11.1 Å². The van der Waals surface area contributed by atoms with E-state index in [-0.39, 0.29) is 12.5 Å². The topological polar surface area (TPSA) is 84.9 Å². The summed E-state index contributed by atoms with van der Waals surface area (Å²) in [4.78, 5) is 37.6. The van der Waals surface area contributed by atoms with Crippen molar-refractivity contribution in [2.75, 3.05) is 25.5 Å². The predicted molar refractivity (Wildman–Crippen MR) is 110 cm³/mol. The van der Waals surface area contributed by atoms with Gasteiger partial charge in [-0.15, -0.1) is 0 Å². The molecule has 2 aromatic rings. The number of hydrogen-bond donors (Lipinski definition) is 1. The Hall–Kier alpha value is -3.42. The molecule has 2 amide bonds. The molecule has 160 valence electrons. The lowest BCUT2D eigenvalue weighted by Crippen LogP contribution is -2.38. The standard InChI is InChI=1S/C22H25FN2O5/c1-14-6-5-7-15(2)21(14)24-19(26)12-25(4)20(27)13-29-22(28)16(3)30-18-10-8-17(23)9-11-18/h5-11,16H,12-13H2,1-4H3,(H,24,26)/t16-/m0/s1. The second kappa shape index (κ2) is 10.4. The number of nitrogens with zero attached hydrogens (tertiary/aromatic N) is 1. The maximum Gasteiger partial charge on any atom is 0.347 e. The van der Waals surface area contributed by atoms with Crippen LogP contribution in [0.5, 0.6) is 5.75 Å². The molecule has 0 fully saturated rings. The fraction of sp³-hybridized carbons (Fsp3) is 0.318. The molecular weight excluding hydrogens is 391 g/mol. The Morgan fingerprint density at radius 2 is 1.67 bits per heavy atom. The summed E-state index contributed by atoms with van der Waals surface area (Å²) in [6.45, 7) is 4.50. The van der Waals surface area contributed by atoms with Gasteiger partial charge in [-0.1, -0.05) is 18.2 Å². The van der Waals surface area contributed by atoms with E-state index >= 15 is 0 Å². The summed E-state index contributed by atoms with van der Waals surface area (Å²) in [6, 6.07) is 10.8. The third-order valence-electron chi connectivity index (χ3n) is 4.35. The highest BCUT2D eigenvalue weighted by Gasteiger charge is 2.20. The van der Waals surface area contributed by atoms with Crippen LogP contribution in [-0.2, 0) is 19.1 Å². The first-order valence-electron chi connectivity index (χ1n) is 9.36. The largest absolute Gasteiger partial charge is 0.479 e. The lowest BCUT2D eigenvalue weighted by atomic mass is 10.1. The molecule has 0 aliphatic heterocycles. The fourth-order valence-electron chi connectivity index (χ4n) is 2.62. The summed E-state index contributed by atoms with van der Waals surface area (Å²) in [6.07, 6.45) is -0.985. The van der Waals surface area contributed by atoms with Crippen molar-refractivity contribution in [2.24, 2.45) is 0 Å². The summed E-state index contributed by atoms with van der Waals surface area (Å²) >= 11 is 0. The van der Waals surface area contributed by atoms with Gasteiger partial charge in [0, 0.05) is 12.7 Å². The average Bonchev–Trinajstić information content (AvgIpc) is 2.70. The molecule has 0 aromatic heterocycles. The van der Waals surface area contributed by atoms with E-state index in [2.05, 4.69) is 5.32 Å². The Morgan fingerprint density at radius 3 is 2.27 bits per heavy atom. The van der Waals surface area contributed by atoms with Crippen LogP contribution in [0.4, 0.5) is 10.1 Å². The number of benzene rings is 2. The van der Waals surface area contributed by atoms with Gasteiger partial charge in [-0.2, -0.15) is 0 Å². The first kappa shape index (κ1) is 22.9. The number of anilines is 1. The molecule has 2 aromatic carbocycles. The van der Waals surface area contributed by atoms with Crippen LogP contribution in [0.15, 0.2) is 42.5 Å². The van der Waals surface area contributed by atoms with E-state index in [1.54, 1.807) is 0 Å². The summed E-state index contributed by atoms with van der Waals surface area (Å²) in [7, 11) is 1.44. The first-order chi connectivity index (χ1) is 14.2. The second-order valence-electron chi connectivity index (χ2n) is 6.89. The third kappa shape index (κ3) is 6.58. The van der Waals surface area contributed by atoms with Gasteiger partial charge < -0.3 is 19.7 Å². The smallest absolute Gasteiger partial charge is 0.347 e. The minimum Gasteiger partial charge on any atom is -0.479 e. The van der Waals surface area contributed by atoms with Crippen molar-refractivity contribution in [3.05, 3.63) is 59.4 Å². The van der Waals surface area contributed by atoms with E-state index in [1.807, 2.05) is 32.0 Å². The average molecular weight is 416 g/mol. The zero-order chi connectivity index (χ0) is 22.3. The van der Waals surface area contributed by atoms with Crippen molar-refractivity contribution in [3.8, 4) is 5.75 Å². The number of nitrogens with one attached hydrogen (secondary N) is 1. The Labute approximate surface area is 174 Å². The molecule has 1 N–H and O–H groups in total. The van der Waals surface area contributed by atoms with Crippen LogP contribution >= 0.6 is 0 Å². The number of ether oxygens (including phenoxy) is 2. The fourth-order valence-corrected chi connectivity index (χ4v) is 2.62. The molecule has 0 aliphatic carbocycles. The molecule has 0 saturated carbocycles. The molecule has 0 heterocycles. The zero-order valence-corrected chi connectivity index (χ0v) is 17.4. The van der Waals surface area contributed by atoms with Crippen molar-refractivity contribution in [3.63, 3.8) is 0 Å². The Bertz CT molecular complexity index is 894. The van der Waals surface area contributed by atoms with Gasteiger partial charge in [0.25, 0.3) is 5.91 Å². The summed E-state index contributed by atoms with van der Waals surface area (Å²) in [5.41, 5.74) is 2.55. The number of esters is 1. The molecule has 8 heteroatoms. The van der Waals surface area contributed by atoms with Crippen LogP contribution in [0, 0.1) is 19.7 Å². The van der Waals surface area contributed by atoms with E-state index in [1.165, 1.54) is 43.1 Å². The summed E-state index contributed by atoms with van der Waals surface area (Å²) in [5, 5.41) is 2.79. The Kier molecular flexibility index (Phi) is 7.91. The zero-order valence-electron chi connectivity index (χ0n) is 17.4. The van der Waals surface area contributed by atoms with Crippen molar-refractivity contribution < 1.29 is 28.2 Å². The number of aryl methyl sites for hydroxylation is 2. The number of carbonyl (C=O) groups is 3. The summed E-state index contributed by atoms with van der Waals surface area (Å²) < 4.78 is 23.2. The molecule has 0 radical (unpaired) electrons. The highest BCUT2D eigenvalue weighted by molar-refractivity contribution is 5.96. The van der Waals surface area contributed by atoms with E-state index in [4.69, 9.17) is 9.47 Å². The lowest BCUT2D eigenvalue weighted by Gasteiger charge is -2.19. The van der Waals surface area contributed by atoms with Crippen LogP contribution in [0.25, 0.3) is 0 Å². The minimum absolute atomic E-state index is 0.189. The van der Waals surface area contributed by atoms with Gasteiger partial charge in [-0.05, 0) is 56.2 Å². The maximum atomic E-state index is 12.9. The van der Waals surface area contributed by atoms with E-state index in [0.29, 0.717) is 11.4 Å². The molecule has 0 bridgehead atoms. The molecule has 0 spiro atoms. The number of amides is 2. The first-order valence-corrected chi connectivity index (χ1v) is 9.36.